The van der Waals surface area contributed by atoms with Crippen LogP contribution < -0.4 is 5.63 Å². The molecule has 2 rings (SSSR count). The maximum Gasteiger partial charge on any atom is 0.345 e. The van der Waals surface area contributed by atoms with Crippen molar-refractivity contribution in [1.29, 1.82) is 0 Å². The van der Waals surface area contributed by atoms with E-state index in [2.05, 4.69) is 65.8 Å². The largest absolute Gasteiger partial charge is 0.507 e. The van der Waals surface area contributed by atoms with E-state index >= 15 is 0 Å². The van der Waals surface area contributed by atoms with Crippen molar-refractivity contribution in [3.63, 3.8) is 0 Å². The van der Waals surface area contributed by atoms with E-state index in [0.29, 0.717) is 17.8 Å². The second kappa shape index (κ2) is 20.3. The van der Waals surface area contributed by atoms with E-state index < -0.39 is 53.9 Å². The summed E-state index contributed by atoms with van der Waals surface area (Å²) in [6.45, 7) is 18.0. The van der Waals surface area contributed by atoms with E-state index in [4.69, 9.17) is 9.15 Å². The molecule has 282 valence electrons. The van der Waals surface area contributed by atoms with Gasteiger partial charge >= 0.3 is 5.63 Å². The van der Waals surface area contributed by atoms with Crippen LogP contribution in [0.2, 0.25) is 0 Å². The lowest BCUT2D eigenvalue weighted by Crippen LogP contribution is -2.46. The Balaban J connectivity index is 2.04. The Bertz CT molecular complexity index is 1420. The van der Waals surface area contributed by atoms with Crippen molar-refractivity contribution in [3.05, 3.63) is 87.1 Å². The van der Waals surface area contributed by atoms with Crippen LogP contribution >= 0.6 is 0 Å². The normalized spacial score (nSPS) is 24.5. The molecule has 1 saturated heterocycles. The highest BCUT2D eigenvalue weighted by Crippen LogP contribution is 2.37. The molecule has 0 amide bonds. The minimum absolute atomic E-state index is 0.0114. The number of aliphatic hydroxyl groups excluding tert-OH is 5. The van der Waals surface area contributed by atoms with Gasteiger partial charge in [0.05, 0.1) is 30.3 Å². The first-order valence-electron chi connectivity index (χ1n) is 18.1. The first-order valence-corrected chi connectivity index (χ1v) is 18.1. The van der Waals surface area contributed by atoms with Crippen LogP contribution in [0.5, 0.6) is 5.75 Å². The van der Waals surface area contributed by atoms with Gasteiger partial charge in [-0.1, -0.05) is 93.4 Å². The second-order valence-corrected chi connectivity index (χ2v) is 15.3. The first kappa shape index (κ1) is 43.4. The maximum absolute atomic E-state index is 13.0. The summed E-state index contributed by atoms with van der Waals surface area (Å²) in [7, 11) is 0. The molecule has 0 spiro atoms. The van der Waals surface area contributed by atoms with E-state index in [0.717, 1.165) is 31.3 Å². The third kappa shape index (κ3) is 13.1. The summed E-state index contributed by atoms with van der Waals surface area (Å²) in [4.78, 5) is 13.0. The molecule has 6 N–H and O–H groups in total. The van der Waals surface area contributed by atoms with Crippen molar-refractivity contribution in [3.8, 4) is 5.75 Å². The minimum Gasteiger partial charge on any atom is -0.507 e. The molecular weight excluding hydrogens is 636 g/mol. The van der Waals surface area contributed by atoms with Gasteiger partial charge in [0.2, 0.25) is 0 Å². The molecule has 1 aliphatic rings. The molecule has 9 nitrogen and oxygen atoms in total. The summed E-state index contributed by atoms with van der Waals surface area (Å²) >= 11 is 0. The van der Waals surface area contributed by atoms with E-state index in [9.17, 15) is 35.4 Å². The average Bonchev–Trinajstić information content (AvgIpc) is 3.04. The van der Waals surface area contributed by atoms with Gasteiger partial charge in [-0.2, -0.15) is 0 Å². The highest BCUT2D eigenvalue weighted by Gasteiger charge is 2.41. The molecule has 1 aromatic heterocycles. The molecule has 0 saturated carbocycles. The molecule has 1 aromatic rings. The van der Waals surface area contributed by atoms with Crippen LogP contribution in [-0.4, -0.2) is 68.3 Å². The highest BCUT2D eigenvalue weighted by molar-refractivity contribution is 5.36. The fourth-order valence-corrected chi connectivity index (χ4v) is 6.62. The molecule has 1 fully saturated rings. The van der Waals surface area contributed by atoms with Gasteiger partial charge in [-0.3, -0.25) is 0 Å². The summed E-state index contributed by atoms with van der Waals surface area (Å²) in [5, 5.41) is 62.1. The van der Waals surface area contributed by atoms with E-state index in [1.165, 1.54) is 17.2 Å². The van der Waals surface area contributed by atoms with Crippen LogP contribution in [0.15, 0.2) is 74.5 Å². The summed E-state index contributed by atoms with van der Waals surface area (Å²) in [5.41, 5.74) is 1.00. The Morgan fingerprint density at radius 3 is 2.28 bits per heavy atom. The predicted molar refractivity (Wildman–Crippen MR) is 199 cm³/mol. The third-order valence-corrected chi connectivity index (χ3v) is 9.76. The van der Waals surface area contributed by atoms with Crippen LogP contribution in [0, 0.1) is 23.7 Å². The van der Waals surface area contributed by atoms with E-state index in [1.54, 1.807) is 26.0 Å². The Hall–Kier alpha value is -2.79. The topological polar surface area (TPSA) is 161 Å². The summed E-state index contributed by atoms with van der Waals surface area (Å²) < 4.78 is 11.1. The Kier molecular flexibility index (Phi) is 17.6. The second-order valence-electron chi connectivity index (χ2n) is 15.3. The summed E-state index contributed by atoms with van der Waals surface area (Å²) in [6, 6.07) is 1.20. The zero-order valence-corrected chi connectivity index (χ0v) is 31.7. The molecule has 50 heavy (non-hydrogen) atoms. The summed E-state index contributed by atoms with van der Waals surface area (Å²) in [6.07, 6.45) is 12.0. The fourth-order valence-electron chi connectivity index (χ4n) is 6.62. The van der Waals surface area contributed by atoms with Gasteiger partial charge in [0.25, 0.3) is 0 Å². The standard InChI is InChI=1S/C41H64O9/c1-10-25(2)16-26(3)12-11-13-27(4)17-29(6)18-30(7)20-31(23-42)19-28(5)14-15-35(46)41(8,9)36-22-33(44)37(40(48)50-36)39-38(47)34(45)21-32(24-43)49-39/h11-16,19,22,25,29-32,34-35,38-39,42-47H,10,17-18,20-21,23-24H2,1-9H3/t25?,29?,30?,31?,32-,34-,35?,38+,39-/m0/s1. The van der Waals surface area contributed by atoms with Gasteiger partial charge in [0, 0.05) is 25.0 Å². The van der Waals surface area contributed by atoms with Crippen molar-refractivity contribution in [2.24, 2.45) is 23.7 Å². The predicted octanol–water partition coefficient (Wildman–Crippen LogP) is 6.58. The number of allylic oxidation sites excluding steroid dienone is 8. The summed E-state index contributed by atoms with van der Waals surface area (Å²) in [5.74, 6) is 0.947. The Morgan fingerprint density at radius 1 is 1.02 bits per heavy atom. The lowest BCUT2D eigenvalue weighted by molar-refractivity contribution is -0.180. The molecule has 0 aliphatic carbocycles. The van der Waals surface area contributed by atoms with Crippen molar-refractivity contribution >= 4 is 0 Å². The van der Waals surface area contributed by atoms with Crippen molar-refractivity contribution in [2.75, 3.05) is 13.2 Å². The fraction of sp³-hybridized carbons (Fsp3) is 0.634. The van der Waals surface area contributed by atoms with Crippen LogP contribution in [0.3, 0.4) is 0 Å². The highest BCUT2D eigenvalue weighted by atomic mass is 16.5. The lowest BCUT2D eigenvalue weighted by atomic mass is 9.82. The number of rotatable bonds is 18. The Labute approximate surface area is 299 Å². The quantitative estimate of drug-likeness (QED) is 0.0931. The van der Waals surface area contributed by atoms with Gasteiger partial charge < -0.3 is 39.8 Å². The first-order chi connectivity index (χ1) is 23.4. The molecule has 9 heteroatoms. The minimum atomic E-state index is -1.51. The lowest BCUT2D eigenvalue weighted by Gasteiger charge is -2.36. The van der Waals surface area contributed by atoms with Gasteiger partial charge in [0.15, 0.2) is 0 Å². The maximum atomic E-state index is 13.0. The van der Waals surface area contributed by atoms with Gasteiger partial charge in [-0.05, 0) is 71.6 Å². The zero-order valence-electron chi connectivity index (χ0n) is 31.7. The molecule has 0 aromatic carbocycles. The van der Waals surface area contributed by atoms with Crippen LogP contribution in [0.4, 0.5) is 0 Å². The number of aromatic hydroxyl groups is 1. The van der Waals surface area contributed by atoms with Crippen molar-refractivity contribution in [2.45, 2.75) is 130 Å². The van der Waals surface area contributed by atoms with E-state index in [-0.39, 0.29) is 30.3 Å². The number of aliphatic hydroxyl groups is 5. The zero-order chi connectivity index (χ0) is 37.8. The molecule has 0 radical (unpaired) electrons. The molecule has 5 unspecified atom stereocenters. The van der Waals surface area contributed by atoms with E-state index in [1.807, 2.05) is 13.0 Å². The molecule has 2 heterocycles. The smallest absolute Gasteiger partial charge is 0.345 e. The van der Waals surface area contributed by atoms with Crippen LogP contribution in [-0.2, 0) is 10.2 Å². The molecular formula is C41H64O9. The number of ether oxygens (including phenoxy) is 1. The monoisotopic (exact) mass is 700 g/mol. The SMILES string of the molecule is CCC(C)C=C(C)C=CC=C(C)CC(C)CC(C)CC(C=C(C)C=CC(O)C(C)(C)c1cc(O)c([C@@H]2O[C@H](CO)C[C@H](O)[C@H]2O)c(=O)o1)CO. The molecule has 9 atom stereocenters. The van der Waals surface area contributed by atoms with Gasteiger partial charge in [0.1, 0.15) is 29.3 Å². The van der Waals surface area contributed by atoms with Crippen molar-refractivity contribution in [1.82, 2.24) is 0 Å². The van der Waals surface area contributed by atoms with Gasteiger partial charge in [-0.15, -0.1) is 0 Å². The third-order valence-electron chi connectivity index (χ3n) is 9.76. The van der Waals surface area contributed by atoms with Crippen LogP contribution in [0.1, 0.15) is 112 Å². The number of hydrogen-bond donors (Lipinski definition) is 6. The Morgan fingerprint density at radius 2 is 1.68 bits per heavy atom. The molecule has 1 aliphatic heterocycles. The number of hydrogen-bond acceptors (Lipinski definition) is 9. The van der Waals surface area contributed by atoms with Crippen LogP contribution in [0.25, 0.3) is 0 Å². The average molecular weight is 701 g/mol. The molecule has 0 bridgehead atoms. The van der Waals surface area contributed by atoms with Gasteiger partial charge in [-0.25, -0.2) is 4.79 Å². The van der Waals surface area contributed by atoms with Crippen molar-refractivity contribution < 1.29 is 39.8 Å².